The van der Waals surface area contributed by atoms with E-state index < -0.39 is 0 Å². The zero-order valence-electron chi connectivity index (χ0n) is 23.0. The van der Waals surface area contributed by atoms with Crippen LogP contribution in [-0.2, 0) is 28.5 Å². The number of allylic oxidation sites excluding steroid dienone is 1. The molecule has 6 heteroatoms. The molecule has 6 nitrogen and oxygen atoms in total. The number of carbonyl (C=O) groups is 2. The van der Waals surface area contributed by atoms with Crippen LogP contribution < -0.4 is 0 Å². The lowest BCUT2D eigenvalue weighted by Crippen LogP contribution is -2.28. The first-order valence-electron chi connectivity index (χ1n) is 12.9. The molecule has 0 amide bonds. The van der Waals surface area contributed by atoms with Crippen LogP contribution in [0.4, 0.5) is 0 Å². The van der Waals surface area contributed by atoms with Crippen molar-refractivity contribution in [1.82, 2.24) is 0 Å². The van der Waals surface area contributed by atoms with Gasteiger partial charge in [-0.3, -0.25) is 9.59 Å². The topological polar surface area (TPSA) is 71.1 Å². The van der Waals surface area contributed by atoms with Crippen molar-refractivity contribution in [2.24, 2.45) is 11.8 Å². The predicted molar refractivity (Wildman–Crippen MR) is 137 cm³/mol. The zero-order valence-corrected chi connectivity index (χ0v) is 23.0. The summed E-state index contributed by atoms with van der Waals surface area (Å²) in [4.78, 5) is 22.1. The third-order valence-corrected chi connectivity index (χ3v) is 5.83. The molecule has 0 saturated heterocycles. The van der Waals surface area contributed by atoms with Crippen molar-refractivity contribution < 1.29 is 28.5 Å². The Morgan fingerprint density at radius 3 is 2.09 bits per heavy atom. The number of ether oxygens (including phenoxy) is 4. The van der Waals surface area contributed by atoms with Gasteiger partial charge in [-0.2, -0.15) is 0 Å². The minimum Gasteiger partial charge on any atom is -0.462 e. The summed E-state index contributed by atoms with van der Waals surface area (Å²) in [6.45, 7) is 16.7. The Morgan fingerprint density at radius 1 is 0.853 bits per heavy atom. The summed E-state index contributed by atoms with van der Waals surface area (Å²) in [7, 11) is 0. The van der Waals surface area contributed by atoms with E-state index in [4.69, 9.17) is 18.9 Å². The Bertz CT molecular complexity index is 620. The summed E-state index contributed by atoms with van der Waals surface area (Å²) in [5.41, 5.74) is 2.31. The second-order valence-electron chi connectivity index (χ2n) is 9.57. The van der Waals surface area contributed by atoms with Crippen molar-refractivity contribution in [3.05, 3.63) is 23.3 Å². The Hall–Kier alpha value is -1.66. The molecule has 0 aromatic carbocycles. The average molecular weight is 483 g/mol. The van der Waals surface area contributed by atoms with E-state index in [0.29, 0.717) is 18.4 Å². The first-order chi connectivity index (χ1) is 16.0. The van der Waals surface area contributed by atoms with E-state index in [1.807, 2.05) is 19.9 Å². The summed E-state index contributed by atoms with van der Waals surface area (Å²) in [6, 6.07) is 0. The molecule has 0 heterocycles. The Balaban J connectivity index is 4.50. The van der Waals surface area contributed by atoms with Gasteiger partial charge >= 0.3 is 11.9 Å². The minimum absolute atomic E-state index is 0.165. The maximum Gasteiger partial charge on any atom is 0.302 e. The number of rotatable bonds is 19. The molecule has 4 unspecified atom stereocenters. The highest BCUT2D eigenvalue weighted by Crippen LogP contribution is 2.24. The van der Waals surface area contributed by atoms with Crippen molar-refractivity contribution >= 4 is 11.9 Å². The molecule has 0 aliphatic carbocycles. The third kappa shape index (κ3) is 18.7. The van der Waals surface area contributed by atoms with Gasteiger partial charge in [0.15, 0.2) is 6.29 Å². The molecule has 0 spiro atoms. The molecule has 0 radical (unpaired) electrons. The highest BCUT2D eigenvalue weighted by atomic mass is 16.7. The van der Waals surface area contributed by atoms with E-state index in [2.05, 4.69) is 33.8 Å². The van der Waals surface area contributed by atoms with Crippen molar-refractivity contribution in [3.8, 4) is 0 Å². The van der Waals surface area contributed by atoms with Crippen LogP contribution in [0, 0.1) is 11.8 Å². The van der Waals surface area contributed by atoms with Crippen molar-refractivity contribution in [2.75, 3.05) is 19.8 Å². The summed E-state index contributed by atoms with van der Waals surface area (Å²) in [5, 5.41) is 0. The van der Waals surface area contributed by atoms with Crippen molar-refractivity contribution in [3.63, 3.8) is 0 Å². The van der Waals surface area contributed by atoms with E-state index in [0.717, 1.165) is 37.7 Å². The van der Waals surface area contributed by atoms with Crippen LogP contribution >= 0.6 is 0 Å². The molecule has 198 valence electrons. The fraction of sp³-hybridized carbons (Fsp3) is 0.786. The van der Waals surface area contributed by atoms with E-state index in [1.165, 1.54) is 32.3 Å². The molecule has 4 atom stereocenters. The fourth-order valence-corrected chi connectivity index (χ4v) is 3.79. The zero-order chi connectivity index (χ0) is 25.9. The van der Waals surface area contributed by atoms with Gasteiger partial charge in [-0.15, -0.1) is 0 Å². The van der Waals surface area contributed by atoms with Gasteiger partial charge in [0.2, 0.25) is 0 Å². The maximum atomic E-state index is 11.1. The van der Waals surface area contributed by atoms with Gasteiger partial charge in [-0.1, -0.05) is 44.8 Å². The standard InChI is InChI=1S/C28H50O6/c1-9-31-26(8)34-28(17-16-21(2)3)23(5)14-10-12-22(4)13-11-15-27(20-33-25(7)30)18-19-32-24(6)29/h16,18,22-23,26,28H,9-15,17,19-20H2,1-8H3/b27-18+. The number of hydrogen-bond donors (Lipinski definition) is 0. The van der Waals surface area contributed by atoms with Gasteiger partial charge in [-0.05, 0) is 76.9 Å². The molecule has 0 bridgehead atoms. The Labute approximate surface area is 208 Å². The third-order valence-electron chi connectivity index (χ3n) is 5.83. The van der Waals surface area contributed by atoms with E-state index in [9.17, 15) is 9.59 Å². The average Bonchev–Trinajstić information content (AvgIpc) is 2.74. The smallest absolute Gasteiger partial charge is 0.302 e. The summed E-state index contributed by atoms with van der Waals surface area (Å²) < 4.78 is 21.9. The molecule has 0 aromatic rings. The monoisotopic (exact) mass is 482 g/mol. The van der Waals surface area contributed by atoms with Crippen molar-refractivity contribution in [2.45, 2.75) is 113 Å². The number of esters is 2. The van der Waals surface area contributed by atoms with Gasteiger partial charge < -0.3 is 18.9 Å². The number of carbonyl (C=O) groups excluding carboxylic acids is 2. The molecule has 34 heavy (non-hydrogen) atoms. The lowest BCUT2D eigenvalue weighted by atomic mass is 9.91. The van der Waals surface area contributed by atoms with Crippen LogP contribution in [-0.4, -0.2) is 44.2 Å². The second kappa shape index (κ2) is 19.6. The van der Waals surface area contributed by atoms with Gasteiger partial charge in [0.25, 0.3) is 0 Å². The lowest BCUT2D eigenvalue weighted by molar-refractivity contribution is -0.168. The SMILES string of the molecule is CCOC(C)OC(CC=C(C)C)C(C)CCCC(C)CCC/C(=C\COC(C)=O)COC(C)=O. The molecule has 0 fully saturated rings. The van der Waals surface area contributed by atoms with Gasteiger partial charge in [0, 0.05) is 20.5 Å². The summed E-state index contributed by atoms with van der Waals surface area (Å²) in [6.07, 6.45) is 11.4. The van der Waals surface area contributed by atoms with Crippen LogP contribution in [0.2, 0.25) is 0 Å². The molecule has 0 aromatic heterocycles. The van der Waals surface area contributed by atoms with Gasteiger partial charge in [-0.25, -0.2) is 0 Å². The normalized spacial score (nSPS) is 15.2. The van der Waals surface area contributed by atoms with Gasteiger partial charge in [0.05, 0.1) is 6.10 Å². The summed E-state index contributed by atoms with van der Waals surface area (Å²) >= 11 is 0. The Kier molecular flexibility index (Phi) is 18.7. The van der Waals surface area contributed by atoms with Crippen LogP contribution in [0.15, 0.2) is 23.3 Å². The lowest BCUT2D eigenvalue weighted by Gasteiger charge is -2.27. The molecule has 0 saturated carbocycles. The molecular formula is C28H50O6. The van der Waals surface area contributed by atoms with E-state index >= 15 is 0 Å². The molecule has 0 N–H and O–H groups in total. The minimum atomic E-state index is -0.313. The highest BCUT2D eigenvalue weighted by Gasteiger charge is 2.20. The fourth-order valence-electron chi connectivity index (χ4n) is 3.79. The Morgan fingerprint density at radius 2 is 1.50 bits per heavy atom. The second-order valence-corrected chi connectivity index (χ2v) is 9.57. The van der Waals surface area contributed by atoms with E-state index in [1.54, 1.807) is 0 Å². The maximum absolute atomic E-state index is 11.1. The van der Waals surface area contributed by atoms with Gasteiger partial charge in [0.1, 0.15) is 13.2 Å². The predicted octanol–water partition coefficient (Wildman–Crippen LogP) is 6.78. The van der Waals surface area contributed by atoms with Crippen LogP contribution in [0.25, 0.3) is 0 Å². The first-order valence-corrected chi connectivity index (χ1v) is 12.9. The van der Waals surface area contributed by atoms with E-state index in [-0.39, 0.29) is 37.5 Å². The first kappa shape index (κ1) is 32.3. The highest BCUT2D eigenvalue weighted by molar-refractivity contribution is 5.66. The summed E-state index contributed by atoms with van der Waals surface area (Å²) in [5.74, 6) is 0.468. The molecule has 0 rings (SSSR count). The van der Waals surface area contributed by atoms with Crippen LogP contribution in [0.5, 0.6) is 0 Å². The molecular weight excluding hydrogens is 432 g/mol. The largest absolute Gasteiger partial charge is 0.462 e. The van der Waals surface area contributed by atoms with Crippen molar-refractivity contribution in [1.29, 1.82) is 0 Å². The number of hydrogen-bond acceptors (Lipinski definition) is 6. The molecule has 0 aliphatic rings. The van der Waals surface area contributed by atoms with Crippen LogP contribution in [0.1, 0.15) is 100 Å². The van der Waals surface area contributed by atoms with Crippen LogP contribution in [0.3, 0.4) is 0 Å². The molecule has 0 aliphatic heterocycles. The quantitative estimate of drug-likeness (QED) is 0.115.